The lowest BCUT2D eigenvalue weighted by Gasteiger charge is -2.36. The summed E-state index contributed by atoms with van der Waals surface area (Å²) >= 11 is 0. The van der Waals surface area contributed by atoms with Crippen LogP contribution in [-0.2, 0) is 31.1 Å². The number of hydrogen-bond donors (Lipinski definition) is 0. The molecule has 2 aromatic carbocycles. The van der Waals surface area contributed by atoms with Crippen LogP contribution in [0.3, 0.4) is 0 Å². The zero-order chi connectivity index (χ0) is 27.9. The molecular weight excluding hydrogens is 511 g/mol. The number of anilines is 1. The van der Waals surface area contributed by atoms with Gasteiger partial charge >= 0.3 is 6.18 Å². The minimum Gasteiger partial charge on any atom is -0.370 e. The third kappa shape index (κ3) is 5.25. The van der Waals surface area contributed by atoms with Gasteiger partial charge in [-0.2, -0.15) is 18.3 Å². The number of carbonyl (C=O) groups is 3. The van der Waals surface area contributed by atoms with Crippen molar-refractivity contribution in [3.05, 3.63) is 82.7 Å². The second kappa shape index (κ2) is 10.2. The molecule has 0 saturated carbocycles. The fourth-order valence-corrected chi connectivity index (χ4v) is 5.37. The van der Waals surface area contributed by atoms with Gasteiger partial charge in [0.2, 0.25) is 5.91 Å². The van der Waals surface area contributed by atoms with Crippen LogP contribution in [0.5, 0.6) is 0 Å². The minimum absolute atomic E-state index is 0.00953. The molecule has 0 spiro atoms. The summed E-state index contributed by atoms with van der Waals surface area (Å²) in [6.07, 6.45) is 0.489. The average Bonchev–Trinajstić information content (AvgIpc) is 3.43. The summed E-state index contributed by atoms with van der Waals surface area (Å²) in [6.45, 7) is 1.17. The minimum atomic E-state index is -4.53. The van der Waals surface area contributed by atoms with Crippen molar-refractivity contribution >= 4 is 23.4 Å². The molecule has 0 radical (unpaired) electrons. The monoisotopic (exact) mass is 539 g/mol. The predicted octanol–water partition coefficient (Wildman–Crippen LogP) is 4.11. The highest BCUT2D eigenvalue weighted by atomic mass is 19.4. The molecule has 5 rings (SSSR count). The van der Waals surface area contributed by atoms with Gasteiger partial charge in [-0.15, -0.1) is 0 Å². The van der Waals surface area contributed by atoms with E-state index in [2.05, 4.69) is 5.10 Å². The average molecular weight is 540 g/mol. The number of piperidine rings is 1. The first-order valence-electron chi connectivity index (χ1n) is 12.7. The second-order valence-electron chi connectivity index (χ2n) is 10.1. The standard InChI is InChI=1S/C28H28F3N5O3/c1-33(14-19-13-32-34(2)15-19)25(37)20-7-5-11-35(17-20)23-10-4-9-22-24(23)27(39)36(26(22)38)16-18-6-3-8-21(12-18)28(29,30)31/h3-4,6,8-10,12-13,15,20H,5,7,11,14,16-17H2,1-2H3/t20-/m0/s1. The largest absolute Gasteiger partial charge is 0.416 e. The Hall–Kier alpha value is -4.15. The highest BCUT2D eigenvalue weighted by molar-refractivity contribution is 6.23. The highest BCUT2D eigenvalue weighted by Crippen LogP contribution is 2.36. The van der Waals surface area contributed by atoms with E-state index in [9.17, 15) is 27.6 Å². The van der Waals surface area contributed by atoms with E-state index < -0.39 is 23.6 Å². The maximum atomic E-state index is 13.5. The van der Waals surface area contributed by atoms with Gasteiger partial charge in [-0.1, -0.05) is 18.2 Å². The van der Waals surface area contributed by atoms with Crippen molar-refractivity contribution in [3.8, 4) is 0 Å². The van der Waals surface area contributed by atoms with Crippen LogP contribution in [0.1, 0.15) is 50.2 Å². The van der Waals surface area contributed by atoms with Crippen LogP contribution in [0, 0.1) is 5.92 Å². The van der Waals surface area contributed by atoms with Crippen molar-refractivity contribution in [1.82, 2.24) is 19.6 Å². The first kappa shape index (κ1) is 26.5. The number of hydrogen-bond acceptors (Lipinski definition) is 5. The van der Waals surface area contributed by atoms with Crippen LogP contribution >= 0.6 is 0 Å². The number of amides is 3. The van der Waals surface area contributed by atoms with Gasteiger partial charge in [-0.05, 0) is 42.7 Å². The lowest BCUT2D eigenvalue weighted by atomic mass is 9.95. The van der Waals surface area contributed by atoms with Crippen molar-refractivity contribution in [3.63, 3.8) is 0 Å². The van der Waals surface area contributed by atoms with Gasteiger partial charge in [0, 0.05) is 45.5 Å². The van der Waals surface area contributed by atoms with E-state index in [0.717, 1.165) is 29.0 Å². The molecule has 3 heterocycles. The first-order chi connectivity index (χ1) is 18.5. The van der Waals surface area contributed by atoms with Gasteiger partial charge in [-0.3, -0.25) is 24.0 Å². The Labute approximate surface area is 223 Å². The molecule has 0 aliphatic carbocycles. The van der Waals surface area contributed by atoms with E-state index in [4.69, 9.17) is 0 Å². The topological polar surface area (TPSA) is 78.8 Å². The molecule has 0 bridgehead atoms. The van der Waals surface area contributed by atoms with E-state index in [0.29, 0.717) is 31.7 Å². The van der Waals surface area contributed by atoms with Crippen LogP contribution in [0.2, 0.25) is 0 Å². The van der Waals surface area contributed by atoms with Crippen molar-refractivity contribution in [2.75, 3.05) is 25.0 Å². The third-order valence-corrected chi connectivity index (χ3v) is 7.24. The molecule has 1 aromatic heterocycles. The third-order valence-electron chi connectivity index (χ3n) is 7.24. The van der Waals surface area contributed by atoms with Crippen LogP contribution in [0.25, 0.3) is 0 Å². The van der Waals surface area contributed by atoms with Crippen LogP contribution in [0.15, 0.2) is 54.9 Å². The molecule has 1 saturated heterocycles. The maximum Gasteiger partial charge on any atom is 0.416 e. The predicted molar refractivity (Wildman–Crippen MR) is 137 cm³/mol. The Morgan fingerprint density at radius 1 is 1.10 bits per heavy atom. The van der Waals surface area contributed by atoms with Gasteiger partial charge < -0.3 is 9.80 Å². The van der Waals surface area contributed by atoms with E-state index in [1.165, 1.54) is 12.1 Å². The molecule has 204 valence electrons. The molecule has 8 nitrogen and oxygen atoms in total. The van der Waals surface area contributed by atoms with Crippen LogP contribution < -0.4 is 4.90 Å². The number of rotatable bonds is 6. The summed E-state index contributed by atoms with van der Waals surface area (Å²) in [6, 6.07) is 9.62. The fourth-order valence-electron chi connectivity index (χ4n) is 5.37. The smallest absolute Gasteiger partial charge is 0.370 e. The molecule has 2 aliphatic rings. The van der Waals surface area contributed by atoms with Gasteiger partial charge in [-0.25, -0.2) is 0 Å². The number of halogens is 3. The number of imide groups is 1. The number of carbonyl (C=O) groups excluding carboxylic acids is 3. The Morgan fingerprint density at radius 3 is 2.59 bits per heavy atom. The fraction of sp³-hybridized carbons (Fsp3) is 0.357. The quantitative estimate of drug-likeness (QED) is 0.441. The van der Waals surface area contributed by atoms with Crippen molar-refractivity contribution in [2.45, 2.75) is 32.1 Å². The normalized spacial score (nSPS) is 17.5. The Kier molecular flexibility index (Phi) is 6.92. The van der Waals surface area contributed by atoms with Gasteiger partial charge in [0.05, 0.1) is 41.0 Å². The lowest BCUT2D eigenvalue weighted by Crippen LogP contribution is -2.44. The van der Waals surface area contributed by atoms with E-state index >= 15 is 0 Å². The summed E-state index contributed by atoms with van der Waals surface area (Å²) < 4.78 is 41.2. The molecular formula is C28H28F3N5O3. The Morgan fingerprint density at radius 2 is 1.87 bits per heavy atom. The zero-order valence-electron chi connectivity index (χ0n) is 21.6. The number of benzene rings is 2. The molecule has 3 aromatic rings. The highest BCUT2D eigenvalue weighted by Gasteiger charge is 2.40. The molecule has 0 N–H and O–H groups in total. The zero-order valence-corrected chi connectivity index (χ0v) is 21.6. The van der Waals surface area contributed by atoms with E-state index in [1.807, 2.05) is 18.1 Å². The molecule has 2 aliphatic heterocycles. The first-order valence-corrected chi connectivity index (χ1v) is 12.7. The van der Waals surface area contributed by atoms with Gasteiger partial charge in [0.1, 0.15) is 0 Å². The van der Waals surface area contributed by atoms with Crippen molar-refractivity contribution in [1.29, 1.82) is 0 Å². The number of aromatic nitrogens is 2. The molecule has 1 atom stereocenters. The molecule has 1 fully saturated rings. The molecule has 3 amide bonds. The molecule has 0 unspecified atom stereocenters. The number of nitrogens with zero attached hydrogens (tertiary/aromatic N) is 5. The van der Waals surface area contributed by atoms with Crippen LogP contribution in [-0.4, -0.2) is 57.4 Å². The molecule has 39 heavy (non-hydrogen) atoms. The lowest BCUT2D eigenvalue weighted by molar-refractivity contribution is -0.137. The van der Waals surface area contributed by atoms with Crippen LogP contribution in [0.4, 0.5) is 18.9 Å². The summed E-state index contributed by atoms with van der Waals surface area (Å²) in [5, 5.41) is 4.14. The molecule has 11 heteroatoms. The summed E-state index contributed by atoms with van der Waals surface area (Å²) in [5.41, 5.74) is 1.30. The summed E-state index contributed by atoms with van der Waals surface area (Å²) in [5.74, 6) is -1.39. The number of alkyl halides is 3. The number of aryl methyl sites for hydroxylation is 1. The number of fused-ring (bicyclic) bond motifs is 1. The van der Waals surface area contributed by atoms with Crippen molar-refractivity contribution in [2.24, 2.45) is 13.0 Å². The van der Waals surface area contributed by atoms with Gasteiger partial charge in [0.25, 0.3) is 11.8 Å². The van der Waals surface area contributed by atoms with E-state index in [1.54, 1.807) is 41.0 Å². The van der Waals surface area contributed by atoms with E-state index in [-0.39, 0.29) is 35.1 Å². The second-order valence-corrected chi connectivity index (χ2v) is 10.1. The summed E-state index contributed by atoms with van der Waals surface area (Å²) in [7, 11) is 3.57. The Balaban J connectivity index is 1.34. The SMILES string of the molecule is CN(Cc1cnn(C)c1)C(=O)[C@H]1CCCN(c2cccc3c2C(=O)N(Cc2cccc(C(F)(F)F)c2)C3=O)C1. The maximum absolute atomic E-state index is 13.5. The summed E-state index contributed by atoms with van der Waals surface area (Å²) in [4.78, 5) is 44.5. The Bertz CT molecular complexity index is 1430. The van der Waals surface area contributed by atoms with Gasteiger partial charge in [0.15, 0.2) is 0 Å². The van der Waals surface area contributed by atoms with Crippen molar-refractivity contribution < 1.29 is 27.6 Å².